The van der Waals surface area contributed by atoms with Crippen molar-refractivity contribution in [2.75, 3.05) is 0 Å². The third kappa shape index (κ3) is 4.05. The van der Waals surface area contributed by atoms with Crippen molar-refractivity contribution >= 4 is 21.8 Å². The Morgan fingerprint density at radius 2 is 2.26 bits per heavy atom. The first-order chi connectivity index (χ1) is 9.06. The molecule has 2 rings (SSSR count). The van der Waals surface area contributed by atoms with Gasteiger partial charge in [0.15, 0.2) is 0 Å². The highest BCUT2D eigenvalue weighted by atomic mass is 79.9. The molecule has 1 saturated carbocycles. The van der Waals surface area contributed by atoms with Crippen LogP contribution in [-0.2, 0) is 11.3 Å². The van der Waals surface area contributed by atoms with Gasteiger partial charge in [0.25, 0.3) is 0 Å². The molecule has 1 amide bonds. The Labute approximate surface area is 123 Å². The zero-order valence-electron chi connectivity index (χ0n) is 11.3. The fraction of sp³-hybridized carbons (Fsp3) is 0.533. The average Bonchev–Trinajstić information content (AvgIpc) is 2.37. The molecule has 104 valence electrons. The predicted octanol–water partition coefficient (Wildman–Crippen LogP) is 2.89. The van der Waals surface area contributed by atoms with Gasteiger partial charge in [-0.3, -0.25) is 4.79 Å². The van der Waals surface area contributed by atoms with E-state index in [-0.39, 0.29) is 17.9 Å². The van der Waals surface area contributed by atoms with Gasteiger partial charge in [-0.25, -0.2) is 0 Å². The van der Waals surface area contributed by atoms with Crippen molar-refractivity contribution in [1.82, 2.24) is 5.32 Å². The van der Waals surface area contributed by atoms with Crippen LogP contribution in [0.4, 0.5) is 0 Å². The van der Waals surface area contributed by atoms with Gasteiger partial charge in [-0.05, 0) is 49.4 Å². The average molecular weight is 325 g/mol. The van der Waals surface area contributed by atoms with Crippen molar-refractivity contribution in [2.24, 2.45) is 11.7 Å². The van der Waals surface area contributed by atoms with Crippen molar-refractivity contribution in [3.63, 3.8) is 0 Å². The van der Waals surface area contributed by atoms with Gasteiger partial charge in [-0.1, -0.05) is 28.4 Å². The summed E-state index contributed by atoms with van der Waals surface area (Å²) in [6.45, 7) is 2.66. The molecule has 3 N–H and O–H groups in total. The summed E-state index contributed by atoms with van der Waals surface area (Å²) >= 11 is 3.44. The number of aryl methyl sites for hydroxylation is 1. The first-order valence-electron chi connectivity index (χ1n) is 6.84. The van der Waals surface area contributed by atoms with E-state index < -0.39 is 0 Å². The zero-order chi connectivity index (χ0) is 13.8. The van der Waals surface area contributed by atoms with Crippen LogP contribution in [0.1, 0.15) is 36.8 Å². The minimum Gasteiger partial charge on any atom is -0.352 e. The van der Waals surface area contributed by atoms with Crippen LogP contribution in [0.15, 0.2) is 22.7 Å². The number of carbonyl (C=O) groups excluding carboxylic acids is 1. The monoisotopic (exact) mass is 324 g/mol. The van der Waals surface area contributed by atoms with E-state index in [4.69, 9.17) is 5.73 Å². The molecule has 1 fully saturated rings. The van der Waals surface area contributed by atoms with Crippen molar-refractivity contribution in [2.45, 2.75) is 45.2 Å². The lowest BCUT2D eigenvalue weighted by Crippen LogP contribution is -2.37. The van der Waals surface area contributed by atoms with E-state index in [1.54, 1.807) is 0 Å². The van der Waals surface area contributed by atoms with Crippen LogP contribution in [0, 0.1) is 12.8 Å². The van der Waals surface area contributed by atoms with Crippen LogP contribution in [0.2, 0.25) is 0 Å². The molecule has 0 aliphatic heterocycles. The van der Waals surface area contributed by atoms with Gasteiger partial charge >= 0.3 is 0 Å². The second-order valence-corrected chi connectivity index (χ2v) is 6.33. The molecule has 0 saturated heterocycles. The first-order valence-corrected chi connectivity index (χ1v) is 7.64. The number of hydrogen-bond acceptors (Lipinski definition) is 2. The third-order valence-electron chi connectivity index (χ3n) is 3.84. The first kappa shape index (κ1) is 14.5. The molecule has 0 aromatic heterocycles. The minimum absolute atomic E-state index is 0.0968. The summed E-state index contributed by atoms with van der Waals surface area (Å²) in [7, 11) is 0. The zero-order valence-corrected chi connectivity index (χ0v) is 12.9. The largest absolute Gasteiger partial charge is 0.352 e. The molecule has 0 spiro atoms. The Morgan fingerprint density at radius 1 is 1.47 bits per heavy atom. The summed E-state index contributed by atoms with van der Waals surface area (Å²) in [6.07, 6.45) is 3.91. The Kier molecular flexibility index (Phi) is 4.99. The molecule has 1 aromatic rings. The van der Waals surface area contributed by atoms with E-state index in [2.05, 4.69) is 34.2 Å². The van der Waals surface area contributed by atoms with E-state index >= 15 is 0 Å². The number of amides is 1. The Bertz CT molecular complexity index is 461. The molecule has 0 bridgehead atoms. The number of nitrogens with two attached hydrogens (primary N) is 1. The second-order valence-electron chi connectivity index (χ2n) is 5.41. The highest BCUT2D eigenvalue weighted by Crippen LogP contribution is 2.23. The molecule has 2 unspecified atom stereocenters. The lowest BCUT2D eigenvalue weighted by atomic mass is 9.85. The van der Waals surface area contributed by atoms with Gasteiger partial charge < -0.3 is 11.1 Å². The highest BCUT2D eigenvalue weighted by molar-refractivity contribution is 9.10. The minimum atomic E-state index is 0.0968. The van der Waals surface area contributed by atoms with Crippen molar-refractivity contribution in [3.05, 3.63) is 33.8 Å². The fourth-order valence-electron chi connectivity index (χ4n) is 2.65. The normalized spacial score (nSPS) is 23.1. The summed E-state index contributed by atoms with van der Waals surface area (Å²) in [6, 6.07) is 6.31. The highest BCUT2D eigenvalue weighted by Gasteiger charge is 2.24. The van der Waals surface area contributed by atoms with E-state index in [0.717, 1.165) is 35.7 Å². The molecule has 2 atom stereocenters. The van der Waals surface area contributed by atoms with Crippen LogP contribution in [0.5, 0.6) is 0 Å². The van der Waals surface area contributed by atoms with Gasteiger partial charge in [0, 0.05) is 23.0 Å². The molecule has 0 radical (unpaired) electrons. The van der Waals surface area contributed by atoms with E-state index in [0.29, 0.717) is 6.54 Å². The van der Waals surface area contributed by atoms with Gasteiger partial charge in [0.1, 0.15) is 0 Å². The van der Waals surface area contributed by atoms with Crippen LogP contribution in [-0.4, -0.2) is 11.9 Å². The number of halogens is 1. The topological polar surface area (TPSA) is 55.1 Å². The maximum Gasteiger partial charge on any atom is 0.223 e. The van der Waals surface area contributed by atoms with Crippen molar-refractivity contribution in [1.29, 1.82) is 0 Å². The standard InChI is InChI=1S/C15H21BrN2O/c1-10-7-13(16)6-5-12(10)9-18-15(19)11-3-2-4-14(17)8-11/h5-7,11,14H,2-4,8-9,17H2,1H3,(H,18,19). The summed E-state index contributed by atoms with van der Waals surface area (Å²) in [5, 5.41) is 3.04. The summed E-state index contributed by atoms with van der Waals surface area (Å²) in [5.41, 5.74) is 8.28. The SMILES string of the molecule is Cc1cc(Br)ccc1CNC(=O)C1CCCC(N)C1. The van der Waals surface area contributed by atoms with Crippen molar-refractivity contribution in [3.8, 4) is 0 Å². The van der Waals surface area contributed by atoms with Gasteiger partial charge in [-0.2, -0.15) is 0 Å². The maximum absolute atomic E-state index is 12.1. The molecular formula is C15H21BrN2O. The summed E-state index contributed by atoms with van der Waals surface area (Å²) in [5.74, 6) is 0.247. The number of nitrogens with one attached hydrogen (secondary N) is 1. The van der Waals surface area contributed by atoms with E-state index in [9.17, 15) is 4.79 Å². The number of carbonyl (C=O) groups is 1. The maximum atomic E-state index is 12.1. The van der Waals surface area contributed by atoms with Crippen LogP contribution < -0.4 is 11.1 Å². The predicted molar refractivity (Wildman–Crippen MR) is 80.7 cm³/mol. The lowest BCUT2D eigenvalue weighted by Gasteiger charge is -2.25. The van der Waals surface area contributed by atoms with E-state index in [1.807, 2.05) is 12.1 Å². The van der Waals surface area contributed by atoms with Gasteiger partial charge in [0.05, 0.1) is 0 Å². The Hall–Kier alpha value is -0.870. The molecule has 1 aliphatic carbocycles. The fourth-order valence-corrected chi connectivity index (χ4v) is 3.13. The van der Waals surface area contributed by atoms with Gasteiger partial charge in [0.2, 0.25) is 5.91 Å². The molecular weight excluding hydrogens is 304 g/mol. The molecule has 1 aromatic carbocycles. The molecule has 4 heteroatoms. The van der Waals surface area contributed by atoms with E-state index in [1.165, 1.54) is 5.56 Å². The molecule has 0 heterocycles. The van der Waals surface area contributed by atoms with Crippen LogP contribution in [0.3, 0.4) is 0 Å². The number of benzene rings is 1. The van der Waals surface area contributed by atoms with Crippen LogP contribution >= 0.6 is 15.9 Å². The van der Waals surface area contributed by atoms with Crippen molar-refractivity contribution < 1.29 is 4.79 Å². The number of hydrogen-bond donors (Lipinski definition) is 2. The Morgan fingerprint density at radius 3 is 2.95 bits per heavy atom. The second kappa shape index (κ2) is 6.53. The number of rotatable bonds is 3. The quantitative estimate of drug-likeness (QED) is 0.898. The van der Waals surface area contributed by atoms with Gasteiger partial charge in [-0.15, -0.1) is 0 Å². The molecule has 19 heavy (non-hydrogen) atoms. The summed E-state index contributed by atoms with van der Waals surface area (Å²) in [4.78, 5) is 12.1. The molecule has 3 nitrogen and oxygen atoms in total. The lowest BCUT2D eigenvalue weighted by molar-refractivity contribution is -0.126. The molecule has 1 aliphatic rings. The smallest absolute Gasteiger partial charge is 0.223 e. The summed E-state index contributed by atoms with van der Waals surface area (Å²) < 4.78 is 1.07. The van der Waals surface area contributed by atoms with Crippen LogP contribution in [0.25, 0.3) is 0 Å². The third-order valence-corrected chi connectivity index (χ3v) is 4.34. The Balaban J connectivity index is 1.89.